The third-order valence-electron chi connectivity index (χ3n) is 2.33. The fraction of sp³-hybridized carbons (Fsp3) is 0.400. The van der Waals surface area contributed by atoms with Gasteiger partial charge in [-0.15, -0.1) is 0 Å². The molecular weight excluding hydrogens is 279 g/mol. The molecule has 0 aliphatic carbocycles. The van der Waals surface area contributed by atoms with Crippen LogP contribution in [0.15, 0.2) is 12.3 Å². The molecule has 0 bridgehead atoms. The highest BCUT2D eigenvalue weighted by Crippen LogP contribution is 2.30. The molecule has 2 heterocycles. The number of carbonyl (C=O) groups is 1. The van der Waals surface area contributed by atoms with Crippen molar-refractivity contribution in [2.75, 3.05) is 11.4 Å². The highest BCUT2D eigenvalue weighted by Gasteiger charge is 2.30. The summed E-state index contributed by atoms with van der Waals surface area (Å²) in [5.41, 5.74) is 1.71. The Morgan fingerprint density at radius 3 is 3.00 bits per heavy atom. The van der Waals surface area contributed by atoms with Crippen LogP contribution in [-0.4, -0.2) is 22.3 Å². The van der Waals surface area contributed by atoms with Gasteiger partial charge in [0, 0.05) is 24.0 Å². The van der Waals surface area contributed by atoms with Crippen LogP contribution in [0.5, 0.6) is 0 Å². The van der Waals surface area contributed by atoms with E-state index in [1.807, 2.05) is 13.0 Å². The number of carbonyl (C=O) groups excluding carboxylic acids is 1. The summed E-state index contributed by atoms with van der Waals surface area (Å²) in [6, 6.07) is 1.89. The molecule has 2 rings (SSSR count). The van der Waals surface area contributed by atoms with Gasteiger partial charge in [-0.05, 0) is 18.6 Å². The minimum atomic E-state index is 0.0891. The molecule has 5 heteroatoms. The van der Waals surface area contributed by atoms with Gasteiger partial charge in [0.2, 0.25) is 5.91 Å². The minimum Gasteiger partial charge on any atom is -0.308 e. The van der Waals surface area contributed by atoms with E-state index in [-0.39, 0.29) is 10.7 Å². The fourth-order valence-corrected chi connectivity index (χ4v) is 2.40. The Balaban J connectivity index is 2.37. The SMILES string of the molecule is Cc1cnc(Cl)c(N2CC(Br)CC2=O)c1. The molecule has 0 spiro atoms. The molecule has 1 aliphatic rings. The first-order valence-corrected chi connectivity index (χ1v) is 5.94. The number of hydrogen-bond donors (Lipinski definition) is 0. The molecule has 1 aromatic heterocycles. The second-order valence-corrected chi connectivity index (χ2v) is 5.28. The van der Waals surface area contributed by atoms with Crippen LogP contribution in [0.25, 0.3) is 0 Å². The average molecular weight is 290 g/mol. The van der Waals surface area contributed by atoms with Gasteiger partial charge in [-0.1, -0.05) is 27.5 Å². The molecule has 80 valence electrons. The van der Waals surface area contributed by atoms with E-state index >= 15 is 0 Å². The molecule has 1 atom stereocenters. The fourth-order valence-electron chi connectivity index (χ4n) is 1.62. The van der Waals surface area contributed by atoms with Crippen LogP contribution in [-0.2, 0) is 4.79 Å². The highest BCUT2D eigenvalue weighted by atomic mass is 79.9. The molecule has 3 nitrogen and oxygen atoms in total. The summed E-state index contributed by atoms with van der Waals surface area (Å²) in [5, 5.41) is 0.385. The van der Waals surface area contributed by atoms with Gasteiger partial charge >= 0.3 is 0 Å². The van der Waals surface area contributed by atoms with Crippen molar-refractivity contribution in [2.45, 2.75) is 18.2 Å². The van der Waals surface area contributed by atoms with Gasteiger partial charge in [0.25, 0.3) is 0 Å². The Labute approximate surface area is 102 Å². The molecule has 0 N–H and O–H groups in total. The van der Waals surface area contributed by atoms with Crippen molar-refractivity contribution < 1.29 is 4.79 Å². The van der Waals surface area contributed by atoms with E-state index in [1.54, 1.807) is 11.1 Å². The van der Waals surface area contributed by atoms with E-state index in [9.17, 15) is 4.79 Å². The van der Waals surface area contributed by atoms with Gasteiger partial charge in [0.1, 0.15) is 0 Å². The lowest BCUT2D eigenvalue weighted by Gasteiger charge is -2.17. The van der Waals surface area contributed by atoms with Crippen molar-refractivity contribution >= 4 is 39.1 Å². The highest BCUT2D eigenvalue weighted by molar-refractivity contribution is 9.09. The minimum absolute atomic E-state index is 0.0891. The van der Waals surface area contributed by atoms with E-state index in [1.165, 1.54) is 0 Å². The monoisotopic (exact) mass is 288 g/mol. The van der Waals surface area contributed by atoms with Crippen molar-refractivity contribution in [1.29, 1.82) is 0 Å². The Morgan fingerprint density at radius 1 is 1.67 bits per heavy atom. The molecule has 1 aromatic rings. The van der Waals surface area contributed by atoms with Gasteiger partial charge in [-0.3, -0.25) is 4.79 Å². The van der Waals surface area contributed by atoms with Gasteiger partial charge in [-0.2, -0.15) is 0 Å². The zero-order valence-electron chi connectivity index (χ0n) is 8.20. The lowest BCUT2D eigenvalue weighted by Crippen LogP contribution is -2.25. The maximum atomic E-state index is 11.7. The largest absolute Gasteiger partial charge is 0.308 e. The molecule has 1 saturated heterocycles. The first-order chi connectivity index (χ1) is 7.08. The Bertz CT molecular complexity index is 410. The molecule has 1 amide bonds. The molecule has 0 aromatic carbocycles. The van der Waals surface area contributed by atoms with E-state index in [2.05, 4.69) is 20.9 Å². The van der Waals surface area contributed by atoms with Crippen molar-refractivity contribution in [2.24, 2.45) is 0 Å². The zero-order valence-corrected chi connectivity index (χ0v) is 10.5. The van der Waals surface area contributed by atoms with Crippen molar-refractivity contribution in [1.82, 2.24) is 4.98 Å². The van der Waals surface area contributed by atoms with Crippen LogP contribution in [0.3, 0.4) is 0 Å². The summed E-state index contributed by atoms with van der Waals surface area (Å²) in [7, 11) is 0. The smallest absolute Gasteiger partial charge is 0.228 e. The van der Waals surface area contributed by atoms with Gasteiger partial charge in [0.05, 0.1) is 5.69 Å². The summed E-state index contributed by atoms with van der Waals surface area (Å²) in [6.07, 6.45) is 2.21. The molecular formula is C10H10BrClN2O. The van der Waals surface area contributed by atoms with Crippen LogP contribution in [0, 0.1) is 6.92 Å². The topological polar surface area (TPSA) is 33.2 Å². The van der Waals surface area contributed by atoms with Crippen LogP contribution in [0.1, 0.15) is 12.0 Å². The summed E-state index contributed by atoms with van der Waals surface area (Å²) in [4.78, 5) is 17.6. The predicted octanol–water partition coefficient (Wildman–Crippen LogP) is 2.54. The van der Waals surface area contributed by atoms with E-state index in [0.717, 1.165) is 5.56 Å². The second kappa shape index (κ2) is 4.10. The third kappa shape index (κ3) is 2.16. The average Bonchev–Trinajstić information content (AvgIpc) is 2.50. The molecule has 0 saturated carbocycles. The summed E-state index contributed by atoms with van der Waals surface area (Å²) in [6.45, 7) is 2.59. The van der Waals surface area contributed by atoms with Crippen molar-refractivity contribution in [3.05, 3.63) is 23.0 Å². The zero-order chi connectivity index (χ0) is 11.0. The molecule has 0 radical (unpaired) electrons. The van der Waals surface area contributed by atoms with Crippen LogP contribution in [0.2, 0.25) is 5.15 Å². The van der Waals surface area contributed by atoms with Crippen LogP contribution >= 0.6 is 27.5 Å². The van der Waals surface area contributed by atoms with Gasteiger partial charge in [0.15, 0.2) is 5.15 Å². The Morgan fingerprint density at radius 2 is 2.40 bits per heavy atom. The van der Waals surface area contributed by atoms with E-state index < -0.39 is 0 Å². The first kappa shape index (κ1) is 10.9. The number of pyridine rings is 1. The van der Waals surface area contributed by atoms with E-state index in [0.29, 0.717) is 23.8 Å². The normalized spacial score (nSPS) is 21.1. The number of aromatic nitrogens is 1. The molecule has 1 unspecified atom stereocenters. The maximum absolute atomic E-state index is 11.7. The first-order valence-electron chi connectivity index (χ1n) is 4.64. The molecule has 1 fully saturated rings. The predicted molar refractivity (Wildman–Crippen MR) is 63.7 cm³/mol. The lowest BCUT2D eigenvalue weighted by atomic mass is 10.3. The van der Waals surface area contributed by atoms with E-state index in [4.69, 9.17) is 11.6 Å². The number of amides is 1. The van der Waals surface area contributed by atoms with Crippen molar-refractivity contribution in [3.63, 3.8) is 0 Å². The number of halogens is 2. The van der Waals surface area contributed by atoms with Gasteiger partial charge in [-0.25, -0.2) is 4.98 Å². The number of alkyl halides is 1. The van der Waals surface area contributed by atoms with Crippen LogP contribution in [0.4, 0.5) is 5.69 Å². The Kier molecular flexibility index (Phi) is 2.98. The third-order valence-corrected chi connectivity index (χ3v) is 3.23. The Hall–Kier alpha value is -0.610. The molecule has 15 heavy (non-hydrogen) atoms. The number of aryl methyl sites for hydroxylation is 1. The summed E-state index contributed by atoms with van der Waals surface area (Å²) >= 11 is 9.40. The van der Waals surface area contributed by atoms with Gasteiger partial charge < -0.3 is 4.90 Å². The quantitative estimate of drug-likeness (QED) is 0.588. The van der Waals surface area contributed by atoms with Crippen LogP contribution < -0.4 is 4.90 Å². The molecule has 1 aliphatic heterocycles. The van der Waals surface area contributed by atoms with Crippen molar-refractivity contribution in [3.8, 4) is 0 Å². The summed E-state index contributed by atoms with van der Waals surface area (Å²) < 4.78 is 0. The summed E-state index contributed by atoms with van der Waals surface area (Å²) in [5.74, 6) is 0.0891. The second-order valence-electron chi connectivity index (χ2n) is 3.63. The number of nitrogens with zero attached hydrogens (tertiary/aromatic N) is 2. The number of anilines is 1. The lowest BCUT2D eigenvalue weighted by molar-refractivity contribution is -0.117. The standard InChI is InChI=1S/C10H10BrClN2O/c1-6-2-8(10(12)13-4-6)14-5-7(11)3-9(14)15/h2,4,7H,3,5H2,1H3. The maximum Gasteiger partial charge on any atom is 0.228 e. The number of hydrogen-bond acceptors (Lipinski definition) is 2. The number of rotatable bonds is 1.